The first-order valence-electron chi connectivity index (χ1n) is 5.12. The van der Waals surface area contributed by atoms with Crippen LogP contribution in [0.4, 0.5) is 4.39 Å². The second kappa shape index (κ2) is 6.36. The van der Waals surface area contributed by atoms with Crippen LogP contribution < -0.4 is 0 Å². The van der Waals surface area contributed by atoms with Crippen molar-refractivity contribution in [3.05, 3.63) is 35.1 Å². The molecule has 0 amide bonds. The summed E-state index contributed by atoms with van der Waals surface area (Å²) in [5.41, 5.74) is 0.435. The third-order valence-corrected chi connectivity index (χ3v) is 5.29. The third kappa shape index (κ3) is 3.68. The van der Waals surface area contributed by atoms with Crippen LogP contribution in [-0.4, -0.2) is 27.5 Å². The monoisotopic (exact) mass is 316 g/mol. The molecular formula is C11H9FN2O2S3. The van der Waals surface area contributed by atoms with Crippen molar-refractivity contribution in [3.8, 4) is 0 Å². The maximum absolute atomic E-state index is 13.2. The summed E-state index contributed by atoms with van der Waals surface area (Å²) in [5.74, 6) is -1.45. The van der Waals surface area contributed by atoms with Crippen LogP contribution in [0.5, 0.6) is 0 Å². The van der Waals surface area contributed by atoms with E-state index in [0.717, 1.165) is 14.2 Å². The van der Waals surface area contributed by atoms with Crippen LogP contribution in [0.2, 0.25) is 0 Å². The predicted molar refractivity (Wildman–Crippen MR) is 74.6 cm³/mol. The van der Waals surface area contributed by atoms with E-state index in [-0.39, 0.29) is 5.56 Å². The van der Waals surface area contributed by atoms with Crippen molar-refractivity contribution < 1.29 is 14.3 Å². The van der Waals surface area contributed by atoms with Gasteiger partial charge in [-0.05, 0) is 24.0 Å². The van der Waals surface area contributed by atoms with Gasteiger partial charge in [0.2, 0.25) is 0 Å². The SMILES string of the molecule is CSc1nnc(SCc2ccc(F)c(C(=O)O)c2)s1. The molecule has 0 saturated heterocycles. The number of hydrogen-bond acceptors (Lipinski definition) is 6. The van der Waals surface area contributed by atoms with E-state index in [1.807, 2.05) is 6.26 Å². The second-order valence-electron chi connectivity index (χ2n) is 3.45. The van der Waals surface area contributed by atoms with Crippen molar-refractivity contribution in [2.24, 2.45) is 0 Å². The van der Waals surface area contributed by atoms with E-state index in [1.165, 1.54) is 47.0 Å². The van der Waals surface area contributed by atoms with E-state index in [9.17, 15) is 9.18 Å². The van der Waals surface area contributed by atoms with Crippen molar-refractivity contribution >= 4 is 40.8 Å². The molecule has 2 aromatic rings. The van der Waals surface area contributed by atoms with Crippen molar-refractivity contribution in [2.45, 2.75) is 14.4 Å². The number of carboxylic acids is 1. The number of rotatable bonds is 5. The minimum absolute atomic E-state index is 0.305. The zero-order valence-corrected chi connectivity index (χ0v) is 12.2. The molecule has 0 fully saturated rings. The van der Waals surface area contributed by atoms with Gasteiger partial charge in [-0.3, -0.25) is 0 Å². The first kappa shape index (κ1) is 14.3. The van der Waals surface area contributed by atoms with Gasteiger partial charge in [-0.15, -0.1) is 10.2 Å². The smallest absolute Gasteiger partial charge is 0.338 e. The lowest BCUT2D eigenvalue weighted by Gasteiger charge is -2.02. The number of hydrogen-bond donors (Lipinski definition) is 1. The van der Waals surface area contributed by atoms with E-state index >= 15 is 0 Å². The fraction of sp³-hybridized carbons (Fsp3) is 0.182. The average Bonchev–Trinajstić information content (AvgIpc) is 2.85. The molecular weight excluding hydrogens is 307 g/mol. The fourth-order valence-corrected chi connectivity index (χ4v) is 3.69. The van der Waals surface area contributed by atoms with Crippen LogP contribution in [0, 0.1) is 5.82 Å². The van der Waals surface area contributed by atoms with Crippen molar-refractivity contribution in [3.63, 3.8) is 0 Å². The third-order valence-electron chi connectivity index (χ3n) is 2.19. The number of benzene rings is 1. The summed E-state index contributed by atoms with van der Waals surface area (Å²) in [6.45, 7) is 0. The average molecular weight is 316 g/mol. The molecule has 0 aliphatic heterocycles. The standard InChI is InChI=1S/C11H9FN2O2S3/c1-17-10-13-14-11(19-10)18-5-6-2-3-8(12)7(4-6)9(15)16/h2-4H,5H2,1H3,(H,15,16). The van der Waals surface area contributed by atoms with Crippen LogP contribution in [0.15, 0.2) is 26.9 Å². The number of halogens is 1. The lowest BCUT2D eigenvalue weighted by atomic mass is 10.1. The van der Waals surface area contributed by atoms with Gasteiger partial charge in [-0.25, -0.2) is 9.18 Å². The number of carboxylic acid groups (broad SMARTS) is 1. The lowest BCUT2D eigenvalue weighted by Crippen LogP contribution is -2.01. The normalized spacial score (nSPS) is 10.6. The van der Waals surface area contributed by atoms with Gasteiger partial charge in [0.05, 0.1) is 5.56 Å². The molecule has 1 aromatic carbocycles. The molecule has 0 aliphatic carbocycles. The van der Waals surface area contributed by atoms with Gasteiger partial charge in [0.15, 0.2) is 8.68 Å². The van der Waals surface area contributed by atoms with Gasteiger partial charge in [0.1, 0.15) is 5.82 Å². The Morgan fingerprint density at radius 2 is 2.16 bits per heavy atom. The highest BCUT2D eigenvalue weighted by atomic mass is 32.2. The van der Waals surface area contributed by atoms with E-state index in [1.54, 1.807) is 6.07 Å². The largest absolute Gasteiger partial charge is 0.478 e. The van der Waals surface area contributed by atoms with Gasteiger partial charge in [0, 0.05) is 5.75 Å². The maximum Gasteiger partial charge on any atom is 0.338 e. The highest BCUT2D eigenvalue weighted by Crippen LogP contribution is 2.29. The first-order valence-corrected chi connectivity index (χ1v) is 8.15. The summed E-state index contributed by atoms with van der Waals surface area (Å²) in [4.78, 5) is 10.8. The zero-order valence-electron chi connectivity index (χ0n) is 9.79. The molecule has 0 radical (unpaired) electrons. The Morgan fingerprint density at radius 3 is 2.79 bits per heavy atom. The number of aromatic nitrogens is 2. The molecule has 100 valence electrons. The Labute approximate surface area is 121 Å². The number of carbonyl (C=O) groups is 1. The molecule has 1 heterocycles. The van der Waals surface area contributed by atoms with E-state index in [0.29, 0.717) is 5.75 Å². The summed E-state index contributed by atoms with van der Waals surface area (Å²) >= 11 is 4.46. The minimum atomic E-state index is -1.26. The van der Waals surface area contributed by atoms with Gasteiger partial charge >= 0.3 is 5.97 Å². The Morgan fingerprint density at radius 1 is 1.42 bits per heavy atom. The highest BCUT2D eigenvalue weighted by Gasteiger charge is 2.11. The lowest BCUT2D eigenvalue weighted by molar-refractivity contribution is 0.0692. The quantitative estimate of drug-likeness (QED) is 0.853. The van der Waals surface area contributed by atoms with Crippen molar-refractivity contribution in [2.75, 3.05) is 6.26 Å². The Bertz CT molecular complexity index is 603. The summed E-state index contributed by atoms with van der Waals surface area (Å²) in [6, 6.07) is 4.10. The molecule has 0 bridgehead atoms. The summed E-state index contributed by atoms with van der Waals surface area (Å²) in [5, 5.41) is 16.8. The summed E-state index contributed by atoms with van der Waals surface area (Å²) in [6.07, 6.45) is 1.92. The molecule has 4 nitrogen and oxygen atoms in total. The van der Waals surface area contributed by atoms with Crippen molar-refractivity contribution in [1.82, 2.24) is 10.2 Å². The van der Waals surface area contributed by atoms with Crippen LogP contribution in [0.1, 0.15) is 15.9 Å². The molecule has 0 saturated carbocycles. The summed E-state index contributed by atoms with van der Waals surface area (Å²) < 4.78 is 14.9. The van der Waals surface area contributed by atoms with Gasteiger partial charge < -0.3 is 5.11 Å². The van der Waals surface area contributed by atoms with Crippen LogP contribution in [-0.2, 0) is 5.75 Å². The fourth-order valence-electron chi connectivity index (χ4n) is 1.31. The van der Waals surface area contributed by atoms with Crippen molar-refractivity contribution in [1.29, 1.82) is 0 Å². The molecule has 8 heteroatoms. The first-order chi connectivity index (χ1) is 9.10. The molecule has 0 aliphatic rings. The van der Waals surface area contributed by atoms with Gasteiger partial charge in [0.25, 0.3) is 0 Å². The number of thioether (sulfide) groups is 2. The molecule has 1 aromatic heterocycles. The maximum atomic E-state index is 13.2. The molecule has 0 unspecified atom stereocenters. The molecule has 0 atom stereocenters. The van der Waals surface area contributed by atoms with E-state index < -0.39 is 11.8 Å². The van der Waals surface area contributed by atoms with Crippen LogP contribution in [0.25, 0.3) is 0 Å². The molecule has 0 spiro atoms. The van der Waals surface area contributed by atoms with Gasteiger partial charge in [-0.2, -0.15) is 0 Å². The van der Waals surface area contributed by atoms with Gasteiger partial charge in [-0.1, -0.05) is 40.9 Å². The Balaban J connectivity index is 2.07. The molecule has 2 rings (SSSR count). The van der Waals surface area contributed by atoms with Crippen LogP contribution in [0.3, 0.4) is 0 Å². The topological polar surface area (TPSA) is 63.1 Å². The van der Waals surface area contributed by atoms with E-state index in [4.69, 9.17) is 5.11 Å². The molecule has 1 N–H and O–H groups in total. The van der Waals surface area contributed by atoms with E-state index in [2.05, 4.69) is 10.2 Å². The molecule has 19 heavy (non-hydrogen) atoms. The Kier molecular flexibility index (Phi) is 4.78. The number of nitrogens with zero attached hydrogens (tertiary/aromatic N) is 2. The van der Waals surface area contributed by atoms with Crippen LogP contribution >= 0.6 is 34.9 Å². The highest BCUT2D eigenvalue weighted by molar-refractivity contribution is 8.02. The second-order valence-corrected chi connectivity index (χ2v) is 6.70. The zero-order chi connectivity index (χ0) is 13.8. The predicted octanol–water partition coefficient (Wildman–Crippen LogP) is 3.39. The minimum Gasteiger partial charge on any atom is -0.478 e. The number of aromatic carboxylic acids is 1. The summed E-state index contributed by atoms with van der Waals surface area (Å²) in [7, 11) is 0. The Hall–Kier alpha value is -1.12.